The van der Waals surface area contributed by atoms with Gasteiger partial charge < -0.3 is 5.32 Å². The summed E-state index contributed by atoms with van der Waals surface area (Å²) in [5, 5.41) is 8.67. The molecule has 0 aliphatic carbocycles. The van der Waals surface area contributed by atoms with Crippen LogP contribution < -0.4 is 5.32 Å². The fourth-order valence-corrected chi connectivity index (χ4v) is 3.73. The molecule has 0 unspecified atom stereocenters. The van der Waals surface area contributed by atoms with Crippen LogP contribution in [0.5, 0.6) is 0 Å². The molecule has 1 amide bonds. The molecular formula is C25H26N4O. The van der Waals surface area contributed by atoms with E-state index in [4.69, 9.17) is 10.1 Å². The van der Waals surface area contributed by atoms with Gasteiger partial charge in [-0.2, -0.15) is 5.10 Å². The van der Waals surface area contributed by atoms with Gasteiger partial charge in [0.05, 0.1) is 29.2 Å². The minimum absolute atomic E-state index is 0.0911. The molecule has 0 saturated heterocycles. The molecule has 4 aromatic rings. The molecule has 1 atom stereocenters. The Morgan fingerprint density at radius 2 is 1.73 bits per heavy atom. The quantitative estimate of drug-likeness (QED) is 0.505. The summed E-state index contributed by atoms with van der Waals surface area (Å²) in [5.74, 6) is -0.101. The standard InChI is InChI=1S/C25H26N4O/c1-4-21-15-22(25(30)26-17(2)20-13-9-6-10-14-20)23-18(3)28-29(24(23)27-21)16-19-11-7-5-8-12-19/h5-15,17H,4,16H2,1-3H3,(H,26,30)/t17-/m0/s1. The summed E-state index contributed by atoms with van der Waals surface area (Å²) < 4.78 is 1.90. The van der Waals surface area contributed by atoms with Crippen LogP contribution in [0, 0.1) is 6.92 Å². The van der Waals surface area contributed by atoms with Crippen LogP contribution in [0.2, 0.25) is 0 Å². The lowest BCUT2D eigenvalue weighted by Gasteiger charge is -2.15. The number of carbonyl (C=O) groups is 1. The molecule has 5 nitrogen and oxygen atoms in total. The number of aryl methyl sites for hydroxylation is 2. The van der Waals surface area contributed by atoms with Gasteiger partial charge in [0.2, 0.25) is 0 Å². The molecule has 0 aliphatic heterocycles. The first-order valence-corrected chi connectivity index (χ1v) is 10.3. The fraction of sp³-hybridized carbons (Fsp3) is 0.240. The number of amides is 1. The number of fused-ring (bicyclic) bond motifs is 1. The first-order valence-electron chi connectivity index (χ1n) is 10.3. The molecule has 0 bridgehead atoms. The molecule has 0 aliphatic rings. The van der Waals surface area contributed by atoms with Crippen LogP contribution in [-0.4, -0.2) is 20.7 Å². The maximum Gasteiger partial charge on any atom is 0.252 e. The highest BCUT2D eigenvalue weighted by molar-refractivity contribution is 6.06. The van der Waals surface area contributed by atoms with E-state index in [2.05, 4.69) is 17.4 Å². The number of rotatable bonds is 6. The van der Waals surface area contributed by atoms with Crippen molar-refractivity contribution in [2.45, 2.75) is 39.8 Å². The summed E-state index contributed by atoms with van der Waals surface area (Å²) in [6, 6.07) is 22.0. The third-order valence-corrected chi connectivity index (χ3v) is 5.36. The number of nitrogens with zero attached hydrogens (tertiary/aromatic N) is 3. The van der Waals surface area contributed by atoms with Gasteiger partial charge in [0, 0.05) is 5.69 Å². The third kappa shape index (κ3) is 3.96. The van der Waals surface area contributed by atoms with E-state index in [1.807, 2.05) is 80.1 Å². The Bertz CT molecular complexity index is 1170. The Morgan fingerprint density at radius 3 is 2.40 bits per heavy atom. The van der Waals surface area contributed by atoms with Crippen molar-refractivity contribution in [2.75, 3.05) is 0 Å². The topological polar surface area (TPSA) is 59.8 Å². The predicted octanol–water partition coefficient (Wildman–Crippen LogP) is 4.84. The maximum atomic E-state index is 13.3. The Morgan fingerprint density at radius 1 is 1.07 bits per heavy atom. The van der Waals surface area contributed by atoms with E-state index in [1.54, 1.807) is 0 Å². The van der Waals surface area contributed by atoms with Gasteiger partial charge >= 0.3 is 0 Å². The Balaban J connectivity index is 1.73. The average Bonchev–Trinajstić information content (AvgIpc) is 3.09. The molecule has 0 radical (unpaired) electrons. The van der Waals surface area contributed by atoms with Crippen molar-refractivity contribution in [3.8, 4) is 0 Å². The first kappa shape index (κ1) is 19.8. The summed E-state index contributed by atoms with van der Waals surface area (Å²) >= 11 is 0. The summed E-state index contributed by atoms with van der Waals surface area (Å²) in [6.45, 7) is 6.60. The first-order chi connectivity index (χ1) is 14.6. The summed E-state index contributed by atoms with van der Waals surface area (Å²) in [5.41, 5.74) is 5.31. The van der Waals surface area contributed by atoms with Crippen LogP contribution in [0.1, 0.15) is 52.8 Å². The number of pyridine rings is 1. The molecule has 0 fully saturated rings. The zero-order chi connectivity index (χ0) is 21.1. The van der Waals surface area contributed by atoms with Crippen LogP contribution in [0.4, 0.5) is 0 Å². The van der Waals surface area contributed by atoms with Gasteiger partial charge in [0.25, 0.3) is 5.91 Å². The van der Waals surface area contributed by atoms with Crippen LogP contribution >= 0.6 is 0 Å². The summed E-state index contributed by atoms with van der Waals surface area (Å²) in [7, 11) is 0. The van der Waals surface area contributed by atoms with Gasteiger partial charge in [-0.05, 0) is 37.5 Å². The normalized spacial score (nSPS) is 12.1. The van der Waals surface area contributed by atoms with Crippen molar-refractivity contribution in [1.29, 1.82) is 0 Å². The average molecular weight is 399 g/mol. The Kier molecular flexibility index (Phi) is 5.61. The van der Waals surface area contributed by atoms with E-state index in [9.17, 15) is 4.79 Å². The number of hydrogen-bond donors (Lipinski definition) is 1. The van der Waals surface area contributed by atoms with Crippen molar-refractivity contribution in [1.82, 2.24) is 20.1 Å². The monoisotopic (exact) mass is 398 g/mol. The number of nitrogens with one attached hydrogen (secondary N) is 1. The van der Waals surface area contributed by atoms with E-state index in [0.29, 0.717) is 12.1 Å². The molecule has 0 saturated carbocycles. The smallest absolute Gasteiger partial charge is 0.252 e. The van der Waals surface area contributed by atoms with Crippen molar-refractivity contribution >= 4 is 16.9 Å². The SMILES string of the molecule is CCc1cc(C(=O)N[C@@H](C)c2ccccc2)c2c(C)nn(Cc3ccccc3)c2n1. The molecule has 152 valence electrons. The largest absolute Gasteiger partial charge is 0.345 e. The zero-order valence-corrected chi connectivity index (χ0v) is 17.6. The minimum atomic E-state index is -0.101. The number of hydrogen-bond acceptors (Lipinski definition) is 3. The van der Waals surface area contributed by atoms with Crippen molar-refractivity contribution in [3.63, 3.8) is 0 Å². The molecule has 4 rings (SSSR count). The maximum absolute atomic E-state index is 13.3. The second kappa shape index (κ2) is 8.49. The van der Waals surface area contributed by atoms with E-state index in [1.165, 1.54) is 0 Å². The molecular weight excluding hydrogens is 372 g/mol. The minimum Gasteiger partial charge on any atom is -0.345 e. The Labute approximate surface area is 176 Å². The summed E-state index contributed by atoms with van der Waals surface area (Å²) in [6.07, 6.45) is 0.750. The van der Waals surface area contributed by atoms with Crippen LogP contribution in [0.3, 0.4) is 0 Å². The highest BCUT2D eigenvalue weighted by atomic mass is 16.1. The third-order valence-electron chi connectivity index (χ3n) is 5.36. The van der Waals surface area contributed by atoms with E-state index >= 15 is 0 Å². The second-order valence-electron chi connectivity index (χ2n) is 7.55. The van der Waals surface area contributed by atoms with Crippen LogP contribution in [-0.2, 0) is 13.0 Å². The fourth-order valence-electron chi connectivity index (χ4n) is 3.73. The van der Waals surface area contributed by atoms with Gasteiger partial charge in [-0.3, -0.25) is 4.79 Å². The van der Waals surface area contributed by atoms with Crippen molar-refractivity contribution < 1.29 is 4.79 Å². The molecule has 30 heavy (non-hydrogen) atoms. The molecule has 1 N–H and O–H groups in total. The lowest BCUT2D eigenvalue weighted by atomic mass is 10.1. The number of benzene rings is 2. The highest BCUT2D eigenvalue weighted by Crippen LogP contribution is 2.24. The van der Waals surface area contributed by atoms with Gasteiger partial charge in [-0.25, -0.2) is 9.67 Å². The molecule has 2 heterocycles. The van der Waals surface area contributed by atoms with E-state index < -0.39 is 0 Å². The van der Waals surface area contributed by atoms with Gasteiger partial charge in [0.1, 0.15) is 0 Å². The van der Waals surface area contributed by atoms with Crippen molar-refractivity contribution in [3.05, 3.63) is 94.8 Å². The van der Waals surface area contributed by atoms with E-state index in [-0.39, 0.29) is 11.9 Å². The van der Waals surface area contributed by atoms with E-state index in [0.717, 1.165) is 40.0 Å². The predicted molar refractivity (Wildman–Crippen MR) is 120 cm³/mol. The molecule has 0 spiro atoms. The number of carbonyl (C=O) groups excluding carboxylic acids is 1. The van der Waals surface area contributed by atoms with Gasteiger partial charge in [0.15, 0.2) is 5.65 Å². The molecule has 2 aromatic carbocycles. The van der Waals surface area contributed by atoms with Crippen LogP contribution in [0.25, 0.3) is 11.0 Å². The van der Waals surface area contributed by atoms with Gasteiger partial charge in [-0.1, -0.05) is 67.6 Å². The van der Waals surface area contributed by atoms with Crippen molar-refractivity contribution in [2.24, 2.45) is 0 Å². The summed E-state index contributed by atoms with van der Waals surface area (Å²) in [4.78, 5) is 18.1. The van der Waals surface area contributed by atoms with Gasteiger partial charge in [-0.15, -0.1) is 0 Å². The molecule has 5 heteroatoms. The Hall–Kier alpha value is -3.47. The highest BCUT2D eigenvalue weighted by Gasteiger charge is 2.21. The molecule has 2 aromatic heterocycles. The second-order valence-corrected chi connectivity index (χ2v) is 7.55. The van der Waals surface area contributed by atoms with Crippen LogP contribution in [0.15, 0.2) is 66.7 Å². The zero-order valence-electron chi connectivity index (χ0n) is 17.6. The number of aromatic nitrogens is 3. The lowest BCUT2D eigenvalue weighted by molar-refractivity contribution is 0.0941. The lowest BCUT2D eigenvalue weighted by Crippen LogP contribution is -2.27.